The lowest BCUT2D eigenvalue weighted by Gasteiger charge is -2.48. The number of nitrogens with zero attached hydrogens (tertiary/aromatic N) is 4. The standard InChI is InChI=1S/C19H24N4OS/c24-18-5-7-19(14-23(18)11-16-4-1-2-8-20-16)6-3-9-22(13-19)10-17-12-25-15-21-17/h1-2,4,8,12,15H,3,5-7,9-11,13-14H2. The number of amides is 1. The molecule has 4 rings (SSSR count). The molecule has 1 spiro atoms. The highest BCUT2D eigenvalue weighted by Gasteiger charge is 2.41. The van der Waals surface area contributed by atoms with Crippen LogP contribution in [0.5, 0.6) is 0 Å². The first kappa shape index (κ1) is 16.7. The van der Waals surface area contributed by atoms with E-state index in [0.29, 0.717) is 13.0 Å². The Hall–Kier alpha value is -1.79. The summed E-state index contributed by atoms with van der Waals surface area (Å²) in [5, 5.41) is 2.14. The highest BCUT2D eigenvalue weighted by molar-refractivity contribution is 7.07. The summed E-state index contributed by atoms with van der Waals surface area (Å²) in [6.45, 7) is 4.62. The van der Waals surface area contributed by atoms with Gasteiger partial charge in [0.1, 0.15) is 0 Å². The Morgan fingerprint density at radius 1 is 1.12 bits per heavy atom. The molecule has 2 aliphatic heterocycles. The number of hydrogen-bond acceptors (Lipinski definition) is 5. The molecule has 5 nitrogen and oxygen atoms in total. The summed E-state index contributed by atoms with van der Waals surface area (Å²) in [4.78, 5) is 25.8. The molecule has 1 unspecified atom stereocenters. The molecular weight excluding hydrogens is 332 g/mol. The van der Waals surface area contributed by atoms with Crippen LogP contribution in [0.1, 0.15) is 37.1 Å². The number of hydrogen-bond donors (Lipinski definition) is 0. The molecule has 2 aliphatic rings. The molecule has 4 heterocycles. The van der Waals surface area contributed by atoms with E-state index in [2.05, 4.69) is 20.2 Å². The van der Waals surface area contributed by atoms with E-state index in [4.69, 9.17) is 0 Å². The molecule has 0 N–H and O–H groups in total. The van der Waals surface area contributed by atoms with Gasteiger partial charge in [0.2, 0.25) is 5.91 Å². The van der Waals surface area contributed by atoms with Crippen LogP contribution in [0.3, 0.4) is 0 Å². The van der Waals surface area contributed by atoms with Gasteiger partial charge in [-0.25, -0.2) is 4.98 Å². The maximum Gasteiger partial charge on any atom is 0.222 e. The Bertz CT molecular complexity index is 705. The summed E-state index contributed by atoms with van der Waals surface area (Å²) >= 11 is 1.66. The van der Waals surface area contributed by atoms with Crippen LogP contribution in [0.2, 0.25) is 0 Å². The number of carbonyl (C=O) groups is 1. The summed E-state index contributed by atoms with van der Waals surface area (Å²) in [6, 6.07) is 5.91. The van der Waals surface area contributed by atoms with Gasteiger partial charge < -0.3 is 4.90 Å². The monoisotopic (exact) mass is 356 g/mol. The van der Waals surface area contributed by atoms with Gasteiger partial charge in [0.05, 0.1) is 23.4 Å². The fourth-order valence-corrected chi connectivity index (χ4v) is 4.81. The SMILES string of the molecule is O=C1CCC2(CCCN(Cc3cscn3)C2)CN1Cc1ccccn1. The molecule has 2 saturated heterocycles. The zero-order valence-electron chi connectivity index (χ0n) is 14.4. The van der Waals surface area contributed by atoms with E-state index in [0.717, 1.165) is 38.3 Å². The van der Waals surface area contributed by atoms with Crippen LogP contribution < -0.4 is 0 Å². The molecule has 0 aliphatic carbocycles. The predicted molar refractivity (Wildman–Crippen MR) is 97.9 cm³/mol. The zero-order chi connectivity index (χ0) is 17.1. The number of thiazole rings is 1. The van der Waals surface area contributed by atoms with E-state index in [-0.39, 0.29) is 11.3 Å². The van der Waals surface area contributed by atoms with Crippen molar-refractivity contribution in [2.24, 2.45) is 5.41 Å². The van der Waals surface area contributed by atoms with Crippen molar-refractivity contribution in [3.63, 3.8) is 0 Å². The molecule has 0 aromatic carbocycles. The molecule has 25 heavy (non-hydrogen) atoms. The first-order chi connectivity index (χ1) is 12.2. The third-order valence-corrected chi connectivity index (χ3v) is 6.07. The number of carbonyl (C=O) groups excluding carboxylic acids is 1. The maximum absolute atomic E-state index is 12.4. The van der Waals surface area contributed by atoms with Crippen molar-refractivity contribution in [1.82, 2.24) is 19.8 Å². The van der Waals surface area contributed by atoms with E-state index in [1.807, 2.05) is 28.6 Å². The van der Waals surface area contributed by atoms with Crippen molar-refractivity contribution in [2.45, 2.75) is 38.8 Å². The average Bonchev–Trinajstić information content (AvgIpc) is 3.13. The van der Waals surface area contributed by atoms with Crippen LogP contribution in [0, 0.1) is 5.41 Å². The molecule has 1 amide bonds. The Morgan fingerprint density at radius 3 is 2.88 bits per heavy atom. The second-order valence-corrected chi connectivity index (χ2v) is 8.08. The minimum Gasteiger partial charge on any atom is -0.336 e. The van der Waals surface area contributed by atoms with Crippen LogP contribution in [-0.4, -0.2) is 45.3 Å². The minimum atomic E-state index is 0.233. The number of likely N-dealkylation sites (tertiary alicyclic amines) is 2. The molecular formula is C19H24N4OS. The molecule has 0 saturated carbocycles. The first-order valence-electron chi connectivity index (χ1n) is 9.00. The molecule has 132 valence electrons. The lowest BCUT2D eigenvalue weighted by atomic mass is 9.73. The average molecular weight is 356 g/mol. The maximum atomic E-state index is 12.4. The third-order valence-electron chi connectivity index (χ3n) is 5.44. The second kappa shape index (κ2) is 7.22. The van der Waals surface area contributed by atoms with Gasteiger partial charge in [0.15, 0.2) is 0 Å². The molecule has 0 bridgehead atoms. The van der Waals surface area contributed by atoms with Gasteiger partial charge in [0.25, 0.3) is 0 Å². The van der Waals surface area contributed by atoms with E-state index in [1.165, 1.54) is 18.5 Å². The fraction of sp³-hybridized carbons (Fsp3) is 0.526. The molecule has 2 fully saturated rings. The minimum absolute atomic E-state index is 0.233. The van der Waals surface area contributed by atoms with Crippen molar-refractivity contribution >= 4 is 17.2 Å². The van der Waals surface area contributed by atoms with Crippen molar-refractivity contribution in [3.05, 3.63) is 46.7 Å². The summed E-state index contributed by atoms with van der Waals surface area (Å²) < 4.78 is 0. The highest BCUT2D eigenvalue weighted by Crippen LogP contribution is 2.39. The van der Waals surface area contributed by atoms with Gasteiger partial charge in [0, 0.05) is 43.0 Å². The molecule has 0 radical (unpaired) electrons. The van der Waals surface area contributed by atoms with Crippen LogP contribution in [0.4, 0.5) is 0 Å². The van der Waals surface area contributed by atoms with Crippen LogP contribution in [0.15, 0.2) is 35.3 Å². The number of piperidine rings is 2. The Balaban J connectivity index is 1.44. The van der Waals surface area contributed by atoms with Gasteiger partial charge in [-0.1, -0.05) is 6.07 Å². The third kappa shape index (κ3) is 3.90. The molecule has 2 aromatic heterocycles. The second-order valence-electron chi connectivity index (χ2n) is 7.36. The number of pyridine rings is 1. The molecule has 2 aromatic rings. The molecule has 6 heteroatoms. The summed E-state index contributed by atoms with van der Waals surface area (Å²) in [5.74, 6) is 0.271. The van der Waals surface area contributed by atoms with E-state index in [9.17, 15) is 4.79 Å². The van der Waals surface area contributed by atoms with Gasteiger partial charge in [-0.3, -0.25) is 14.7 Å². The van der Waals surface area contributed by atoms with Crippen LogP contribution >= 0.6 is 11.3 Å². The van der Waals surface area contributed by atoms with Gasteiger partial charge in [-0.15, -0.1) is 11.3 Å². The quantitative estimate of drug-likeness (QED) is 0.845. The Morgan fingerprint density at radius 2 is 2.08 bits per heavy atom. The van der Waals surface area contributed by atoms with Gasteiger partial charge in [-0.05, 0) is 37.9 Å². The van der Waals surface area contributed by atoms with Gasteiger partial charge in [-0.2, -0.15) is 0 Å². The van der Waals surface area contributed by atoms with Crippen molar-refractivity contribution in [3.8, 4) is 0 Å². The lowest BCUT2D eigenvalue weighted by Crippen LogP contribution is -2.53. The van der Waals surface area contributed by atoms with E-state index >= 15 is 0 Å². The van der Waals surface area contributed by atoms with E-state index < -0.39 is 0 Å². The Kier molecular flexibility index (Phi) is 4.81. The van der Waals surface area contributed by atoms with E-state index in [1.54, 1.807) is 17.5 Å². The summed E-state index contributed by atoms with van der Waals surface area (Å²) in [6.07, 6.45) is 5.90. The van der Waals surface area contributed by atoms with Gasteiger partial charge >= 0.3 is 0 Å². The zero-order valence-corrected chi connectivity index (χ0v) is 15.2. The highest BCUT2D eigenvalue weighted by atomic mass is 32.1. The summed E-state index contributed by atoms with van der Waals surface area (Å²) in [7, 11) is 0. The lowest BCUT2D eigenvalue weighted by molar-refractivity contribution is -0.140. The van der Waals surface area contributed by atoms with Crippen molar-refractivity contribution in [1.29, 1.82) is 0 Å². The molecule has 1 atom stereocenters. The topological polar surface area (TPSA) is 49.3 Å². The van der Waals surface area contributed by atoms with Crippen molar-refractivity contribution in [2.75, 3.05) is 19.6 Å². The largest absolute Gasteiger partial charge is 0.336 e. The summed E-state index contributed by atoms with van der Waals surface area (Å²) in [5.41, 5.74) is 4.28. The normalized spacial score (nSPS) is 24.8. The smallest absolute Gasteiger partial charge is 0.222 e. The van der Waals surface area contributed by atoms with Crippen LogP contribution in [-0.2, 0) is 17.9 Å². The number of aromatic nitrogens is 2. The van der Waals surface area contributed by atoms with Crippen molar-refractivity contribution < 1.29 is 4.79 Å². The predicted octanol–water partition coefficient (Wildman–Crippen LogP) is 2.94. The van der Waals surface area contributed by atoms with Crippen LogP contribution in [0.25, 0.3) is 0 Å². The Labute approximate surface area is 152 Å². The number of rotatable bonds is 4. The fourth-order valence-electron chi connectivity index (χ4n) is 4.26. The first-order valence-corrected chi connectivity index (χ1v) is 9.94.